The number of amidine groups is 1. The van der Waals surface area contributed by atoms with Crippen molar-refractivity contribution in [3.63, 3.8) is 0 Å². The minimum absolute atomic E-state index is 0.346. The van der Waals surface area contributed by atoms with Gasteiger partial charge in [-0.05, 0) is 13.3 Å². The van der Waals surface area contributed by atoms with E-state index in [0.29, 0.717) is 18.8 Å². The van der Waals surface area contributed by atoms with Crippen LogP contribution in [0.2, 0.25) is 0 Å². The molecule has 10 heavy (non-hydrogen) atoms. The van der Waals surface area contributed by atoms with Gasteiger partial charge in [-0.3, -0.25) is 5.41 Å². The van der Waals surface area contributed by atoms with E-state index in [9.17, 15) is 4.79 Å². The number of carbonyl (C=O) groups is 1. The molecule has 2 N–H and O–H groups in total. The quantitative estimate of drug-likeness (QED) is 0.404. The Morgan fingerprint density at radius 2 is 2.40 bits per heavy atom. The minimum atomic E-state index is -0.821. The molecule has 4 heteroatoms. The van der Waals surface area contributed by atoms with Gasteiger partial charge in [0, 0.05) is 6.54 Å². The van der Waals surface area contributed by atoms with Crippen molar-refractivity contribution in [1.29, 1.82) is 5.41 Å². The lowest BCUT2D eigenvalue weighted by atomic mass is 10.0. The van der Waals surface area contributed by atoms with Gasteiger partial charge in [-0.2, -0.15) is 0 Å². The molecule has 0 spiro atoms. The zero-order valence-electron chi connectivity index (χ0n) is 5.79. The topological polar surface area (TPSA) is 64.4 Å². The Labute approximate surface area is 59.0 Å². The molecule has 1 fully saturated rings. The van der Waals surface area contributed by atoms with Gasteiger partial charge < -0.3 is 10.0 Å². The molecule has 1 atom stereocenters. The second-order valence-electron chi connectivity index (χ2n) is 2.42. The van der Waals surface area contributed by atoms with Crippen LogP contribution in [0.1, 0.15) is 13.3 Å². The SMILES string of the molecule is CC(=N)N1CC[C@H]1C(=O)O. The van der Waals surface area contributed by atoms with Gasteiger partial charge in [-0.1, -0.05) is 0 Å². The number of hydrogen-bond acceptors (Lipinski definition) is 2. The summed E-state index contributed by atoms with van der Waals surface area (Å²) in [6.45, 7) is 2.32. The number of nitrogens with zero attached hydrogens (tertiary/aromatic N) is 1. The summed E-state index contributed by atoms with van der Waals surface area (Å²) in [5, 5.41) is 15.7. The second-order valence-corrected chi connectivity index (χ2v) is 2.42. The van der Waals surface area contributed by atoms with E-state index < -0.39 is 12.0 Å². The number of hydrogen-bond donors (Lipinski definition) is 2. The molecule has 0 radical (unpaired) electrons. The molecule has 1 aliphatic heterocycles. The highest BCUT2D eigenvalue weighted by Gasteiger charge is 2.33. The lowest BCUT2D eigenvalue weighted by Crippen LogP contribution is -2.54. The average Bonchev–Trinajstić information content (AvgIpc) is 1.56. The summed E-state index contributed by atoms with van der Waals surface area (Å²) in [7, 11) is 0. The van der Waals surface area contributed by atoms with Crippen LogP contribution in [0.3, 0.4) is 0 Å². The standard InChI is InChI=1S/C6H10N2O2/c1-4(7)8-3-2-5(8)6(9)10/h5,7H,2-3H2,1H3,(H,9,10)/t5-/m0/s1. The molecule has 4 nitrogen and oxygen atoms in total. The largest absolute Gasteiger partial charge is 0.480 e. The Morgan fingerprint density at radius 1 is 1.80 bits per heavy atom. The Hall–Kier alpha value is -1.06. The predicted octanol–water partition coefficient (Wildman–Crippen LogP) is 0.142. The minimum Gasteiger partial charge on any atom is -0.480 e. The summed E-state index contributed by atoms with van der Waals surface area (Å²) in [4.78, 5) is 11.9. The first-order valence-corrected chi connectivity index (χ1v) is 3.17. The second kappa shape index (κ2) is 2.28. The molecule has 0 amide bonds. The molecule has 0 unspecified atom stereocenters. The van der Waals surface area contributed by atoms with Crippen LogP contribution >= 0.6 is 0 Å². The van der Waals surface area contributed by atoms with Gasteiger partial charge in [0.15, 0.2) is 0 Å². The third-order valence-electron chi connectivity index (χ3n) is 1.74. The number of carboxylic acid groups (broad SMARTS) is 1. The number of nitrogens with one attached hydrogen (secondary N) is 1. The van der Waals surface area contributed by atoms with Gasteiger partial charge in [-0.15, -0.1) is 0 Å². The van der Waals surface area contributed by atoms with Gasteiger partial charge in [-0.25, -0.2) is 4.79 Å². The Morgan fingerprint density at radius 3 is 2.50 bits per heavy atom. The molecule has 1 saturated heterocycles. The average molecular weight is 142 g/mol. The van der Waals surface area contributed by atoms with E-state index in [-0.39, 0.29) is 0 Å². The number of aliphatic carboxylic acids is 1. The van der Waals surface area contributed by atoms with Crippen molar-refractivity contribution in [3.8, 4) is 0 Å². The molecule has 0 aromatic rings. The van der Waals surface area contributed by atoms with E-state index in [2.05, 4.69) is 0 Å². The molecule has 0 aromatic heterocycles. The number of rotatable bonds is 1. The van der Waals surface area contributed by atoms with E-state index in [1.54, 1.807) is 11.8 Å². The molecular formula is C6H10N2O2. The molecule has 0 bridgehead atoms. The van der Waals surface area contributed by atoms with E-state index in [1.807, 2.05) is 0 Å². The highest BCUT2D eigenvalue weighted by atomic mass is 16.4. The summed E-state index contributed by atoms with van der Waals surface area (Å²) < 4.78 is 0. The van der Waals surface area contributed by atoms with E-state index in [4.69, 9.17) is 10.5 Å². The summed E-state index contributed by atoms with van der Waals surface area (Å²) in [5.74, 6) is -0.475. The third kappa shape index (κ3) is 0.964. The Balaban J connectivity index is 2.51. The van der Waals surface area contributed by atoms with E-state index in [0.717, 1.165) is 0 Å². The maximum absolute atomic E-state index is 10.4. The van der Waals surface area contributed by atoms with E-state index >= 15 is 0 Å². The summed E-state index contributed by atoms with van der Waals surface area (Å²) in [6, 6.07) is -0.433. The molecule has 1 aliphatic rings. The van der Waals surface area contributed by atoms with Crippen molar-refractivity contribution < 1.29 is 9.90 Å². The highest BCUT2D eigenvalue weighted by molar-refractivity contribution is 5.85. The maximum atomic E-state index is 10.4. The predicted molar refractivity (Wildman–Crippen MR) is 36.1 cm³/mol. The van der Waals surface area contributed by atoms with Gasteiger partial charge in [0.2, 0.25) is 0 Å². The van der Waals surface area contributed by atoms with Gasteiger partial charge >= 0.3 is 5.97 Å². The maximum Gasteiger partial charge on any atom is 0.326 e. The lowest BCUT2D eigenvalue weighted by molar-refractivity contribution is -0.145. The van der Waals surface area contributed by atoms with E-state index in [1.165, 1.54) is 0 Å². The van der Waals surface area contributed by atoms with Crippen LogP contribution in [0.4, 0.5) is 0 Å². The molecule has 56 valence electrons. The van der Waals surface area contributed by atoms with Crippen molar-refractivity contribution in [1.82, 2.24) is 4.90 Å². The van der Waals surface area contributed by atoms with Crippen LogP contribution in [-0.4, -0.2) is 34.4 Å². The van der Waals surface area contributed by atoms with Crippen LogP contribution in [0.15, 0.2) is 0 Å². The first-order chi connectivity index (χ1) is 4.63. The summed E-state index contributed by atoms with van der Waals surface area (Å²) in [5.41, 5.74) is 0. The van der Waals surface area contributed by atoms with Crippen molar-refractivity contribution >= 4 is 11.8 Å². The lowest BCUT2D eigenvalue weighted by Gasteiger charge is -2.38. The first-order valence-electron chi connectivity index (χ1n) is 3.17. The zero-order valence-corrected chi connectivity index (χ0v) is 5.79. The van der Waals surface area contributed by atoms with Crippen molar-refractivity contribution in [2.75, 3.05) is 6.54 Å². The molecule has 0 aliphatic carbocycles. The normalized spacial score (nSPS) is 23.7. The fourth-order valence-corrected chi connectivity index (χ4v) is 1.05. The summed E-state index contributed by atoms with van der Waals surface area (Å²) in [6.07, 6.45) is 0.672. The van der Waals surface area contributed by atoms with Crippen LogP contribution in [0, 0.1) is 5.41 Å². The Bertz CT molecular complexity index is 159. The van der Waals surface area contributed by atoms with Crippen LogP contribution in [-0.2, 0) is 4.79 Å². The Kier molecular flexibility index (Phi) is 1.61. The molecule has 0 saturated carbocycles. The van der Waals surface area contributed by atoms with Gasteiger partial charge in [0.05, 0.1) is 5.84 Å². The van der Waals surface area contributed by atoms with Crippen molar-refractivity contribution in [3.05, 3.63) is 0 Å². The van der Waals surface area contributed by atoms with Gasteiger partial charge in [0.25, 0.3) is 0 Å². The van der Waals surface area contributed by atoms with Crippen LogP contribution < -0.4 is 0 Å². The van der Waals surface area contributed by atoms with Gasteiger partial charge in [0.1, 0.15) is 6.04 Å². The van der Waals surface area contributed by atoms with Crippen LogP contribution in [0.25, 0.3) is 0 Å². The summed E-state index contributed by atoms with van der Waals surface area (Å²) >= 11 is 0. The number of carboxylic acids is 1. The third-order valence-corrected chi connectivity index (χ3v) is 1.74. The molecular weight excluding hydrogens is 132 g/mol. The fourth-order valence-electron chi connectivity index (χ4n) is 1.05. The highest BCUT2D eigenvalue weighted by Crippen LogP contribution is 2.16. The van der Waals surface area contributed by atoms with Crippen molar-refractivity contribution in [2.45, 2.75) is 19.4 Å². The number of likely N-dealkylation sites (tertiary alicyclic amines) is 1. The molecule has 1 heterocycles. The first kappa shape index (κ1) is 7.05. The molecule has 0 aromatic carbocycles. The van der Waals surface area contributed by atoms with Crippen LogP contribution in [0.5, 0.6) is 0 Å². The molecule has 1 rings (SSSR count). The fraction of sp³-hybridized carbons (Fsp3) is 0.667. The smallest absolute Gasteiger partial charge is 0.326 e. The van der Waals surface area contributed by atoms with Crippen molar-refractivity contribution in [2.24, 2.45) is 0 Å². The monoisotopic (exact) mass is 142 g/mol. The zero-order chi connectivity index (χ0) is 7.72.